The molecule has 26 nitrogen and oxygen atoms in total. The van der Waals surface area contributed by atoms with Gasteiger partial charge in [0.05, 0.1) is 26.0 Å². The number of rotatable bonds is 31. The van der Waals surface area contributed by atoms with Gasteiger partial charge in [-0.2, -0.15) is 4.31 Å². The van der Waals surface area contributed by atoms with Crippen LogP contribution >= 0.6 is 23.5 Å². The number of aliphatic carboxylic acids is 1. The third-order valence-electron chi connectivity index (χ3n) is 13.2. The molecule has 1 aliphatic heterocycles. The molecule has 7 atom stereocenters. The van der Waals surface area contributed by atoms with Gasteiger partial charge >= 0.3 is 29.4 Å². The first-order valence-electron chi connectivity index (χ1n) is 23.4. The van der Waals surface area contributed by atoms with Crippen LogP contribution in [0.2, 0.25) is 0 Å². The van der Waals surface area contributed by atoms with Crippen molar-refractivity contribution >= 4 is 64.0 Å². The number of aromatic nitrogens is 4. The van der Waals surface area contributed by atoms with Crippen LogP contribution in [-0.2, 0) is 68.3 Å². The third kappa shape index (κ3) is 16.7. The summed E-state index contributed by atoms with van der Waals surface area (Å²) < 4.78 is 62.6. The first kappa shape index (κ1) is 57.2. The van der Waals surface area contributed by atoms with E-state index in [1.807, 2.05) is 0 Å². The standard InChI is InChI=1S/C43H64N7O19P3/c1-41(2,24-66-72(63,64)69-71(61,62)65-23-30-35(68-70(58,59)60)34(55)40(67-30)50-26-49-33-37(44)47-25-48-38(33)50)36(56)39(57)46-19-11-31(52)45-18-10-29(51)21-42(14-15-42)12-4-8-27-6-3-7-28(20-27)9-5-13-43(16-17-43)22-32(53)54/h3,6-7,20,25-26,30,34-36,40,55-56H,4-5,8-19,21-24H2,1-2H3,(H,45,52)(H,46,57)(H,53,54)(H,61,62)(H,63,64)(H2,44,47,48)(H2,58,59,60). The molecule has 3 fully saturated rings. The Kier molecular flexibility index (Phi) is 18.8. The van der Waals surface area contributed by atoms with E-state index >= 15 is 0 Å². The molecule has 0 radical (unpaired) electrons. The number of nitrogens with zero attached hydrogens (tertiary/aromatic N) is 4. The van der Waals surface area contributed by atoms with E-state index in [4.69, 9.17) is 19.5 Å². The van der Waals surface area contributed by atoms with Crippen LogP contribution in [0.25, 0.3) is 11.2 Å². The second-order valence-electron chi connectivity index (χ2n) is 19.6. The molecule has 2 aromatic heterocycles. The molecule has 0 bridgehead atoms. The quantitative estimate of drug-likeness (QED) is 0.0414. The second kappa shape index (κ2) is 23.6. The van der Waals surface area contributed by atoms with E-state index in [2.05, 4.69) is 58.7 Å². The Balaban J connectivity index is 0.854. The minimum absolute atomic E-state index is 0.00703. The number of carbonyl (C=O) groups is 4. The zero-order valence-electron chi connectivity index (χ0n) is 39.8. The summed E-state index contributed by atoms with van der Waals surface area (Å²) in [6.45, 7) is 0.356. The smallest absolute Gasteiger partial charge is 0.481 e. The number of nitrogen functional groups attached to an aromatic ring is 1. The number of carboxylic acid groups (broad SMARTS) is 1. The fourth-order valence-corrected chi connectivity index (χ4v) is 11.6. The van der Waals surface area contributed by atoms with E-state index < -0.39 is 90.5 Å². The lowest BCUT2D eigenvalue weighted by molar-refractivity contribution is -0.139. The number of Topliss-reactive ketones (excluding diaryl/α,β-unsaturated/α-hetero) is 1. The number of nitrogens with one attached hydrogen (secondary N) is 2. The Morgan fingerprint density at radius 2 is 1.51 bits per heavy atom. The van der Waals surface area contributed by atoms with Gasteiger partial charge in [-0.05, 0) is 86.2 Å². The van der Waals surface area contributed by atoms with Gasteiger partial charge in [-0.15, -0.1) is 0 Å². The molecule has 1 aromatic carbocycles. The van der Waals surface area contributed by atoms with Gasteiger partial charge in [0.1, 0.15) is 42.0 Å². The lowest BCUT2D eigenvalue weighted by Crippen LogP contribution is -2.46. The number of phosphoric ester groups is 3. The SMILES string of the molecule is CC(C)(COP(=O)(O)OP(=O)(O)OCC1OC(n2cnc3c(N)ncnc32)C(O)C1OP(=O)(O)O)C(O)C(=O)NCCC(=O)NCCC(=O)CC1(CCCc2cccc(CCCC3(CC(=O)O)CC3)c2)CC1. The molecule has 72 heavy (non-hydrogen) atoms. The number of ether oxygens (including phenoxy) is 1. The topological polar surface area (TPSA) is 401 Å². The number of benzene rings is 1. The van der Waals surface area contributed by atoms with Crippen LogP contribution in [0.4, 0.5) is 5.82 Å². The minimum Gasteiger partial charge on any atom is -0.481 e. The number of carbonyl (C=O) groups excluding carboxylic acids is 3. The Morgan fingerprint density at radius 3 is 2.12 bits per heavy atom. The fraction of sp³-hybridized carbons (Fsp3) is 0.651. The summed E-state index contributed by atoms with van der Waals surface area (Å²) in [5, 5.41) is 35.9. The van der Waals surface area contributed by atoms with Gasteiger partial charge in [0.25, 0.3) is 0 Å². The first-order valence-corrected chi connectivity index (χ1v) is 27.9. The van der Waals surface area contributed by atoms with Crippen molar-refractivity contribution in [2.75, 3.05) is 32.0 Å². The number of anilines is 1. The molecule has 2 saturated carbocycles. The number of carboxylic acids is 1. The van der Waals surface area contributed by atoms with E-state index in [-0.39, 0.29) is 65.9 Å². The molecule has 29 heteroatoms. The van der Waals surface area contributed by atoms with E-state index in [0.717, 1.165) is 81.4 Å². The number of amides is 2. The molecule has 3 aromatic rings. The van der Waals surface area contributed by atoms with Crippen LogP contribution in [0.1, 0.15) is 108 Å². The van der Waals surface area contributed by atoms with Crippen molar-refractivity contribution in [3.8, 4) is 0 Å². The maximum absolute atomic E-state index is 12.9. The number of imidazole rings is 1. The molecule has 3 aliphatic rings. The van der Waals surface area contributed by atoms with Crippen molar-refractivity contribution in [2.45, 2.75) is 134 Å². The van der Waals surface area contributed by atoms with Crippen LogP contribution in [0, 0.1) is 16.2 Å². The van der Waals surface area contributed by atoms with E-state index in [1.165, 1.54) is 25.0 Å². The van der Waals surface area contributed by atoms with Gasteiger partial charge in [0.15, 0.2) is 17.7 Å². The molecule has 11 N–H and O–H groups in total. The lowest BCUT2D eigenvalue weighted by atomic mass is 9.87. The number of ketones is 1. The highest BCUT2D eigenvalue weighted by molar-refractivity contribution is 7.61. The predicted octanol–water partition coefficient (Wildman–Crippen LogP) is 3.13. The molecule has 3 heterocycles. The minimum atomic E-state index is -5.60. The molecule has 6 rings (SSSR count). The summed E-state index contributed by atoms with van der Waals surface area (Å²) in [5.74, 6) is -2.18. The molecular weight excluding hydrogens is 1010 g/mol. The number of aryl methyl sites for hydroxylation is 2. The normalized spacial score (nSPS) is 22.4. The molecule has 2 amide bonds. The average Bonchev–Trinajstić information content (AvgIpc) is 4.16. The third-order valence-corrected chi connectivity index (χ3v) is 16.3. The summed E-state index contributed by atoms with van der Waals surface area (Å²) in [6, 6.07) is 8.50. The van der Waals surface area contributed by atoms with E-state index in [1.54, 1.807) is 0 Å². The van der Waals surface area contributed by atoms with Crippen molar-refractivity contribution in [1.29, 1.82) is 0 Å². The van der Waals surface area contributed by atoms with Crippen molar-refractivity contribution in [1.82, 2.24) is 30.2 Å². The monoisotopic (exact) mass is 1080 g/mol. The molecule has 7 unspecified atom stereocenters. The Morgan fingerprint density at radius 1 is 0.903 bits per heavy atom. The van der Waals surface area contributed by atoms with Crippen molar-refractivity contribution in [2.24, 2.45) is 16.2 Å². The highest BCUT2D eigenvalue weighted by Crippen LogP contribution is 2.61. The van der Waals surface area contributed by atoms with Crippen LogP contribution < -0.4 is 16.4 Å². The average molecular weight is 1080 g/mol. The van der Waals surface area contributed by atoms with Crippen LogP contribution in [-0.4, -0.2) is 129 Å². The summed E-state index contributed by atoms with van der Waals surface area (Å²) in [7, 11) is -16.5. The highest BCUT2D eigenvalue weighted by Gasteiger charge is 2.51. The van der Waals surface area contributed by atoms with Crippen LogP contribution in [0.5, 0.6) is 0 Å². The maximum Gasteiger partial charge on any atom is 0.481 e. The zero-order chi connectivity index (χ0) is 52.7. The number of hydrogen-bond acceptors (Lipinski definition) is 18. The molecule has 2 aliphatic carbocycles. The summed E-state index contributed by atoms with van der Waals surface area (Å²) in [4.78, 5) is 101. The predicted molar refractivity (Wildman–Crippen MR) is 252 cm³/mol. The van der Waals surface area contributed by atoms with Crippen molar-refractivity contribution in [3.05, 3.63) is 48.0 Å². The van der Waals surface area contributed by atoms with Crippen molar-refractivity contribution in [3.63, 3.8) is 0 Å². The largest absolute Gasteiger partial charge is 0.481 e. The summed E-state index contributed by atoms with van der Waals surface area (Å²) in [6.07, 6.45) is 3.32. The number of aliphatic hydroxyl groups is 2. The lowest BCUT2D eigenvalue weighted by Gasteiger charge is -2.30. The molecule has 1 saturated heterocycles. The first-order chi connectivity index (χ1) is 33.7. The van der Waals surface area contributed by atoms with Gasteiger partial charge in [0, 0.05) is 37.8 Å². The number of nitrogens with two attached hydrogens (primary N) is 1. The van der Waals surface area contributed by atoms with E-state index in [0.29, 0.717) is 6.42 Å². The van der Waals surface area contributed by atoms with Gasteiger partial charge in [-0.1, -0.05) is 38.1 Å². The summed E-state index contributed by atoms with van der Waals surface area (Å²) >= 11 is 0. The molecule has 400 valence electrons. The highest BCUT2D eigenvalue weighted by atomic mass is 31.3. The Labute approximate surface area is 414 Å². The number of aliphatic hydroxyl groups excluding tert-OH is 2. The van der Waals surface area contributed by atoms with Gasteiger partial charge in [-0.25, -0.2) is 28.6 Å². The second-order valence-corrected chi connectivity index (χ2v) is 23.9. The number of phosphoric acid groups is 3. The van der Waals surface area contributed by atoms with Gasteiger partial charge < -0.3 is 56.0 Å². The number of hydrogen-bond donors (Lipinski definition) is 10. The Hall–Kier alpha value is -4.10. The molecular formula is C43H64N7O19P3. The Bertz CT molecular complexity index is 2570. The zero-order valence-corrected chi connectivity index (χ0v) is 42.5. The van der Waals surface area contributed by atoms with Crippen molar-refractivity contribution < 1.29 is 90.4 Å². The molecule has 0 spiro atoms. The van der Waals surface area contributed by atoms with Crippen LogP contribution in [0.15, 0.2) is 36.9 Å². The summed E-state index contributed by atoms with van der Waals surface area (Å²) in [5.41, 5.74) is 6.72. The fourth-order valence-electron chi connectivity index (χ4n) is 8.77. The van der Waals surface area contributed by atoms with Gasteiger partial charge in [-0.3, -0.25) is 37.3 Å². The number of fused-ring (bicyclic) bond motifs is 1. The van der Waals surface area contributed by atoms with Crippen LogP contribution in [0.3, 0.4) is 0 Å². The van der Waals surface area contributed by atoms with E-state index in [9.17, 15) is 67.8 Å². The maximum atomic E-state index is 12.9. The van der Waals surface area contributed by atoms with Gasteiger partial charge in [0.2, 0.25) is 11.8 Å².